The Morgan fingerprint density at radius 3 is 2.72 bits per heavy atom. The molecule has 0 bridgehead atoms. The van der Waals surface area contributed by atoms with Gasteiger partial charge in [0, 0.05) is 25.4 Å². The van der Waals surface area contributed by atoms with Crippen molar-refractivity contribution >= 4 is 12.1 Å². The van der Waals surface area contributed by atoms with E-state index in [9.17, 15) is 9.90 Å². The van der Waals surface area contributed by atoms with Gasteiger partial charge in [-0.05, 0) is 31.4 Å². The molecule has 2 rings (SSSR count). The molecule has 0 spiro atoms. The monoisotopic (exact) mass is 248 g/mol. The Hall–Kier alpha value is -1.42. The lowest BCUT2D eigenvalue weighted by Gasteiger charge is -2.30. The number of anilines is 1. The van der Waals surface area contributed by atoms with E-state index in [4.69, 9.17) is 0 Å². The molecule has 0 radical (unpaired) electrons. The van der Waals surface area contributed by atoms with Crippen LogP contribution < -0.4 is 4.90 Å². The fourth-order valence-corrected chi connectivity index (χ4v) is 2.76. The molecule has 98 valence electrons. The second-order valence-corrected chi connectivity index (χ2v) is 5.31. The number of aliphatic hydroxyl groups is 1. The number of nitrogens with zero attached hydrogens (tertiary/aromatic N) is 2. The fraction of sp³-hybridized carbons (Fsp3) is 0.571. The zero-order chi connectivity index (χ0) is 13.2. The van der Waals surface area contributed by atoms with Crippen LogP contribution in [0.3, 0.4) is 0 Å². The van der Waals surface area contributed by atoms with Gasteiger partial charge in [0.25, 0.3) is 0 Å². The minimum absolute atomic E-state index is 0.577. The van der Waals surface area contributed by atoms with Crippen LogP contribution in [0.25, 0.3) is 0 Å². The van der Waals surface area contributed by atoms with Gasteiger partial charge in [0.05, 0.1) is 5.60 Å². The predicted octanol–water partition coefficient (Wildman–Crippen LogP) is 1.94. The standard InChI is InChI=1S/C14H20N2O2/c1-11-7-12(9-17)8-15-13(11)16(2)10-14(18)5-3-4-6-14/h7-9,18H,3-6,10H2,1-2H3. The average molecular weight is 248 g/mol. The van der Waals surface area contributed by atoms with Gasteiger partial charge < -0.3 is 10.0 Å². The van der Waals surface area contributed by atoms with Gasteiger partial charge >= 0.3 is 0 Å². The Bertz CT molecular complexity index is 439. The van der Waals surface area contributed by atoms with E-state index in [0.29, 0.717) is 12.1 Å². The number of aromatic nitrogens is 1. The van der Waals surface area contributed by atoms with Crippen molar-refractivity contribution in [3.05, 3.63) is 23.4 Å². The molecule has 0 atom stereocenters. The number of hydrogen-bond donors (Lipinski definition) is 1. The maximum absolute atomic E-state index is 10.7. The highest BCUT2D eigenvalue weighted by Gasteiger charge is 2.32. The first-order valence-electron chi connectivity index (χ1n) is 6.39. The molecule has 1 saturated carbocycles. The Labute approximate surface area is 108 Å². The van der Waals surface area contributed by atoms with Gasteiger partial charge in [-0.2, -0.15) is 0 Å². The smallest absolute Gasteiger partial charge is 0.151 e. The molecule has 1 heterocycles. The first kappa shape index (κ1) is 13.0. The van der Waals surface area contributed by atoms with Gasteiger partial charge in [-0.25, -0.2) is 4.98 Å². The van der Waals surface area contributed by atoms with Crippen LogP contribution in [0.1, 0.15) is 41.6 Å². The van der Waals surface area contributed by atoms with Gasteiger partial charge in [0.15, 0.2) is 6.29 Å². The quantitative estimate of drug-likeness (QED) is 0.827. The maximum Gasteiger partial charge on any atom is 0.151 e. The van der Waals surface area contributed by atoms with E-state index in [0.717, 1.165) is 43.4 Å². The summed E-state index contributed by atoms with van der Waals surface area (Å²) >= 11 is 0. The SMILES string of the molecule is Cc1cc(C=O)cnc1N(C)CC1(O)CCCC1. The summed E-state index contributed by atoms with van der Waals surface area (Å²) in [5, 5.41) is 10.4. The predicted molar refractivity (Wildman–Crippen MR) is 71.0 cm³/mol. The molecule has 1 aliphatic rings. The Morgan fingerprint density at radius 1 is 1.50 bits per heavy atom. The number of aryl methyl sites for hydroxylation is 1. The van der Waals surface area contributed by atoms with Gasteiger partial charge in [-0.1, -0.05) is 12.8 Å². The van der Waals surface area contributed by atoms with E-state index in [1.54, 1.807) is 6.20 Å². The lowest BCUT2D eigenvalue weighted by Crippen LogP contribution is -2.39. The molecule has 0 unspecified atom stereocenters. The van der Waals surface area contributed by atoms with Crippen molar-refractivity contribution in [2.75, 3.05) is 18.5 Å². The minimum atomic E-state index is -0.577. The number of likely N-dealkylation sites (N-methyl/N-ethyl adjacent to an activating group) is 1. The molecule has 0 aliphatic heterocycles. The molecule has 0 aromatic carbocycles. The average Bonchev–Trinajstić information content (AvgIpc) is 2.75. The van der Waals surface area contributed by atoms with E-state index >= 15 is 0 Å². The summed E-state index contributed by atoms with van der Waals surface area (Å²) in [5.74, 6) is 0.834. The molecule has 1 aromatic heterocycles. The molecular weight excluding hydrogens is 228 g/mol. The number of carbonyl (C=O) groups excluding carboxylic acids is 1. The lowest BCUT2D eigenvalue weighted by atomic mass is 10.0. The van der Waals surface area contributed by atoms with Crippen molar-refractivity contribution < 1.29 is 9.90 Å². The van der Waals surface area contributed by atoms with Crippen molar-refractivity contribution in [2.45, 2.75) is 38.2 Å². The number of hydrogen-bond acceptors (Lipinski definition) is 4. The van der Waals surface area contributed by atoms with E-state index in [2.05, 4.69) is 4.98 Å². The summed E-state index contributed by atoms with van der Waals surface area (Å²) in [6.07, 6.45) is 6.30. The summed E-state index contributed by atoms with van der Waals surface area (Å²) in [6.45, 7) is 2.53. The molecule has 1 N–H and O–H groups in total. The number of pyridine rings is 1. The number of rotatable bonds is 4. The van der Waals surface area contributed by atoms with Crippen LogP contribution in [0.4, 0.5) is 5.82 Å². The third kappa shape index (κ3) is 2.70. The third-order valence-electron chi connectivity index (χ3n) is 3.64. The zero-order valence-corrected chi connectivity index (χ0v) is 11.0. The molecule has 4 heteroatoms. The van der Waals surface area contributed by atoms with Crippen molar-refractivity contribution in [1.29, 1.82) is 0 Å². The Kier molecular flexibility index (Phi) is 3.66. The van der Waals surface area contributed by atoms with Crippen molar-refractivity contribution in [3.8, 4) is 0 Å². The van der Waals surface area contributed by atoms with Crippen LogP contribution in [-0.4, -0.2) is 35.6 Å². The summed E-state index contributed by atoms with van der Waals surface area (Å²) in [6, 6.07) is 1.82. The third-order valence-corrected chi connectivity index (χ3v) is 3.64. The first-order chi connectivity index (χ1) is 8.54. The van der Waals surface area contributed by atoms with Crippen LogP contribution in [0.2, 0.25) is 0 Å². The molecule has 0 amide bonds. The van der Waals surface area contributed by atoms with Gasteiger partial charge in [-0.3, -0.25) is 4.79 Å². The van der Waals surface area contributed by atoms with Crippen molar-refractivity contribution in [2.24, 2.45) is 0 Å². The number of carbonyl (C=O) groups is 1. The van der Waals surface area contributed by atoms with Crippen molar-refractivity contribution in [3.63, 3.8) is 0 Å². The molecule has 1 aromatic rings. The van der Waals surface area contributed by atoms with E-state index in [-0.39, 0.29) is 0 Å². The summed E-state index contributed by atoms with van der Waals surface area (Å²) in [7, 11) is 1.94. The van der Waals surface area contributed by atoms with E-state index in [1.807, 2.05) is 24.9 Å². The summed E-state index contributed by atoms with van der Waals surface area (Å²) < 4.78 is 0. The molecule has 18 heavy (non-hydrogen) atoms. The van der Waals surface area contributed by atoms with Gasteiger partial charge in [0.2, 0.25) is 0 Å². The van der Waals surface area contributed by atoms with E-state index < -0.39 is 5.60 Å². The molecule has 1 fully saturated rings. The van der Waals surface area contributed by atoms with Gasteiger partial charge in [-0.15, -0.1) is 0 Å². The topological polar surface area (TPSA) is 53.4 Å². The van der Waals surface area contributed by atoms with Crippen molar-refractivity contribution in [1.82, 2.24) is 4.98 Å². The van der Waals surface area contributed by atoms with Gasteiger partial charge in [0.1, 0.15) is 5.82 Å². The van der Waals surface area contributed by atoms with Crippen LogP contribution in [0.15, 0.2) is 12.3 Å². The molecular formula is C14H20N2O2. The normalized spacial score (nSPS) is 17.7. The highest BCUT2D eigenvalue weighted by Crippen LogP contribution is 2.31. The Morgan fingerprint density at radius 2 is 2.17 bits per heavy atom. The minimum Gasteiger partial charge on any atom is -0.388 e. The second-order valence-electron chi connectivity index (χ2n) is 5.31. The zero-order valence-electron chi connectivity index (χ0n) is 11.0. The maximum atomic E-state index is 10.7. The molecule has 0 saturated heterocycles. The summed E-state index contributed by atoms with van der Waals surface area (Å²) in [5.41, 5.74) is 0.972. The molecule has 4 nitrogen and oxygen atoms in total. The first-order valence-corrected chi connectivity index (χ1v) is 6.39. The second kappa shape index (κ2) is 5.06. The fourth-order valence-electron chi connectivity index (χ4n) is 2.76. The lowest BCUT2D eigenvalue weighted by molar-refractivity contribution is 0.0557. The highest BCUT2D eigenvalue weighted by atomic mass is 16.3. The highest BCUT2D eigenvalue weighted by molar-refractivity contribution is 5.75. The summed E-state index contributed by atoms with van der Waals surface area (Å²) in [4.78, 5) is 17.0. The number of aldehydes is 1. The van der Waals surface area contributed by atoms with Crippen LogP contribution in [0, 0.1) is 6.92 Å². The van der Waals surface area contributed by atoms with Crippen LogP contribution in [-0.2, 0) is 0 Å². The van der Waals surface area contributed by atoms with Crippen LogP contribution >= 0.6 is 0 Å². The molecule has 1 aliphatic carbocycles. The Balaban J connectivity index is 2.13. The van der Waals surface area contributed by atoms with E-state index in [1.165, 1.54) is 0 Å². The largest absolute Gasteiger partial charge is 0.388 e. The van der Waals surface area contributed by atoms with Crippen LogP contribution in [0.5, 0.6) is 0 Å².